The molecule has 0 aromatic carbocycles. The Balaban J connectivity index is 0.000001000. The highest BCUT2D eigenvalue weighted by molar-refractivity contribution is 9.10. The van der Waals surface area contributed by atoms with E-state index in [1.54, 1.807) is 0 Å². The molecule has 0 saturated heterocycles. The maximum atomic E-state index is 10.2. The van der Waals surface area contributed by atoms with Crippen LogP contribution in [0.5, 0.6) is 0 Å². The van der Waals surface area contributed by atoms with Gasteiger partial charge in [0, 0.05) is 6.20 Å². The molecule has 4 nitrogen and oxygen atoms in total. The largest absolute Gasteiger partial charge is 0.301 e. The van der Waals surface area contributed by atoms with Gasteiger partial charge in [-0.1, -0.05) is 0 Å². The molecule has 0 aliphatic carbocycles. The van der Waals surface area contributed by atoms with Crippen molar-refractivity contribution in [3.8, 4) is 0 Å². The molecule has 0 aliphatic rings. The van der Waals surface area contributed by atoms with Crippen LogP contribution in [0.3, 0.4) is 0 Å². The Kier molecular flexibility index (Phi) is 3.99. The Bertz CT molecular complexity index is 268. The minimum atomic E-state index is -0.489. The summed E-state index contributed by atoms with van der Waals surface area (Å²) in [5.74, 6) is 0. The molecule has 0 unspecified atom stereocenters. The predicted molar refractivity (Wildman–Crippen MR) is 45.8 cm³/mol. The topological polar surface area (TPSA) is 56.0 Å². The first-order valence-electron chi connectivity index (χ1n) is 2.45. The van der Waals surface area contributed by atoms with E-state index < -0.39 is 4.92 Å². The molecule has 11 heavy (non-hydrogen) atoms. The third-order valence-electron chi connectivity index (χ3n) is 0.945. The van der Waals surface area contributed by atoms with E-state index in [0.29, 0.717) is 4.47 Å². The van der Waals surface area contributed by atoms with E-state index in [4.69, 9.17) is 0 Å². The molecule has 0 bridgehead atoms. The van der Waals surface area contributed by atoms with Crippen LogP contribution in [0.4, 0.5) is 5.69 Å². The van der Waals surface area contributed by atoms with E-state index in [-0.39, 0.29) is 18.1 Å². The van der Waals surface area contributed by atoms with Crippen LogP contribution in [0.1, 0.15) is 0 Å². The van der Waals surface area contributed by atoms with Gasteiger partial charge >= 0.3 is 5.69 Å². The van der Waals surface area contributed by atoms with Gasteiger partial charge in [-0.05, 0) is 22.0 Å². The second-order valence-corrected chi connectivity index (χ2v) is 2.44. The lowest BCUT2D eigenvalue weighted by atomic mass is 10.4. The molecule has 1 aromatic rings. The number of hydrogen-bond donors (Lipinski definition) is 0. The van der Waals surface area contributed by atoms with Gasteiger partial charge in [0.2, 0.25) is 0 Å². The second-order valence-electron chi connectivity index (χ2n) is 1.58. The number of nitro groups is 1. The molecular weight excluding hydrogens is 235 g/mol. The van der Waals surface area contributed by atoms with Crippen molar-refractivity contribution in [1.29, 1.82) is 0 Å². The summed E-state index contributed by atoms with van der Waals surface area (Å²) in [7, 11) is 0. The van der Waals surface area contributed by atoms with Gasteiger partial charge in [-0.3, -0.25) is 15.1 Å². The number of halogens is 2. The lowest BCUT2D eigenvalue weighted by Crippen LogP contribution is -1.88. The standard InChI is InChI=1S/C5H3BrN2O2.ClH/c6-4-1-2-7-3-5(4)8(9)10;/h1-3H;1H. The summed E-state index contributed by atoms with van der Waals surface area (Å²) in [5, 5.41) is 10.2. The molecule has 6 heteroatoms. The minimum Gasteiger partial charge on any atom is -0.258 e. The van der Waals surface area contributed by atoms with Crippen LogP contribution >= 0.6 is 28.3 Å². The Morgan fingerprint density at radius 2 is 2.27 bits per heavy atom. The number of aromatic nitrogens is 1. The molecule has 0 aliphatic heterocycles. The third-order valence-corrected chi connectivity index (χ3v) is 1.62. The first kappa shape index (κ1) is 10.3. The van der Waals surface area contributed by atoms with Gasteiger partial charge in [-0.25, -0.2) is 0 Å². The fourth-order valence-corrected chi connectivity index (χ4v) is 0.869. The van der Waals surface area contributed by atoms with Crippen LogP contribution in [0, 0.1) is 10.1 Å². The van der Waals surface area contributed by atoms with Gasteiger partial charge < -0.3 is 0 Å². The molecule has 60 valence electrons. The fourth-order valence-electron chi connectivity index (χ4n) is 0.504. The van der Waals surface area contributed by atoms with E-state index in [9.17, 15) is 10.1 Å². The molecule has 1 heterocycles. The van der Waals surface area contributed by atoms with Crippen molar-refractivity contribution < 1.29 is 4.92 Å². The molecule has 0 N–H and O–H groups in total. The zero-order valence-corrected chi connectivity index (χ0v) is 7.63. The van der Waals surface area contributed by atoms with Crippen LogP contribution < -0.4 is 0 Å². The van der Waals surface area contributed by atoms with Gasteiger partial charge in [0.15, 0.2) is 0 Å². The van der Waals surface area contributed by atoms with Crippen molar-refractivity contribution in [3.05, 3.63) is 33.0 Å². The molecule has 1 aromatic heterocycles. The summed E-state index contributed by atoms with van der Waals surface area (Å²) in [6.45, 7) is 0. The van der Waals surface area contributed by atoms with Gasteiger partial charge in [0.1, 0.15) is 6.20 Å². The SMILES string of the molecule is Cl.O=[N+]([O-])c1cnccc1Br. The number of pyridine rings is 1. The van der Waals surface area contributed by atoms with Crippen molar-refractivity contribution in [2.24, 2.45) is 0 Å². The normalized spacial score (nSPS) is 8.45. The molecule has 0 atom stereocenters. The Morgan fingerprint density at radius 3 is 2.64 bits per heavy atom. The smallest absolute Gasteiger partial charge is 0.258 e. The van der Waals surface area contributed by atoms with Crippen LogP contribution in [0.15, 0.2) is 22.9 Å². The van der Waals surface area contributed by atoms with Gasteiger partial charge in [-0.15, -0.1) is 12.4 Å². The molecule has 1 rings (SSSR count). The van der Waals surface area contributed by atoms with Crippen LogP contribution in [-0.2, 0) is 0 Å². The maximum Gasteiger partial charge on any atom is 0.301 e. The van der Waals surface area contributed by atoms with Gasteiger partial charge in [0.25, 0.3) is 0 Å². The van der Waals surface area contributed by atoms with E-state index in [2.05, 4.69) is 20.9 Å². The zero-order valence-electron chi connectivity index (χ0n) is 5.23. The molecule has 0 radical (unpaired) electrons. The quantitative estimate of drug-likeness (QED) is 0.557. The van der Waals surface area contributed by atoms with Crippen molar-refractivity contribution >= 4 is 34.0 Å². The maximum absolute atomic E-state index is 10.2. The minimum absolute atomic E-state index is 0. The highest BCUT2D eigenvalue weighted by Crippen LogP contribution is 2.21. The van der Waals surface area contributed by atoms with E-state index in [1.807, 2.05) is 0 Å². The Morgan fingerprint density at radius 1 is 1.64 bits per heavy atom. The van der Waals surface area contributed by atoms with E-state index in [0.717, 1.165) is 0 Å². The number of nitrogens with zero attached hydrogens (tertiary/aromatic N) is 2. The van der Waals surface area contributed by atoms with E-state index >= 15 is 0 Å². The molecule has 0 amide bonds. The van der Waals surface area contributed by atoms with Gasteiger partial charge in [0.05, 0.1) is 9.40 Å². The van der Waals surface area contributed by atoms with Crippen LogP contribution in [0.25, 0.3) is 0 Å². The van der Waals surface area contributed by atoms with E-state index in [1.165, 1.54) is 18.5 Å². The third kappa shape index (κ3) is 2.44. The van der Waals surface area contributed by atoms with Gasteiger partial charge in [-0.2, -0.15) is 0 Å². The Labute approximate surface area is 77.3 Å². The van der Waals surface area contributed by atoms with Crippen molar-refractivity contribution in [2.75, 3.05) is 0 Å². The second kappa shape index (κ2) is 4.25. The first-order valence-corrected chi connectivity index (χ1v) is 3.25. The monoisotopic (exact) mass is 238 g/mol. The lowest BCUT2D eigenvalue weighted by molar-refractivity contribution is -0.386. The van der Waals surface area contributed by atoms with Crippen LogP contribution in [0.2, 0.25) is 0 Å². The summed E-state index contributed by atoms with van der Waals surface area (Å²) >= 11 is 3.02. The molecular formula is C5H4BrClN2O2. The lowest BCUT2D eigenvalue weighted by Gasteiger charge is -1.90. The summed E-state index contributed by atoms with van der Waals surface area (Å²) < 4.78 is 0.451. The summed E-state index contributed by atoms with van der Waals surface area (Å²) in [6, 6.07) is 1.53. The average molecular weight is 239 g/mol. The summed E-state index contributed by atoms with van der Waals surface area (Å²) in [5.41, 5.74) is -0.0116. The average Bonchev–Trinajstić information content (AvgIpc) is 1.88. The first-order chi connectivity index (χ1) is 4.72. The number of rotatable bonds is 1. The number of hydrogen-bond acceptors (Lipinski definition) is 3. The molecule has 0 saturated carbocycles. The molecule has 0 spiro atoms. The highest BCUT2D eigenvalue weighted by atomic mass is 79.9. The van der Waals surface area contributed by atoms with Crippen molar-refractivity contribution in [2.45, 2.75) is 0 Å². The fraction of sp³-hybridized carbons (Fsp3) is 0. The summed E-state index contributed by atoms with van der Waals surface area (Å²) in [4.78, 5) is 13.3. The van der Waals surface area contributed by atoms with Crippen molar-refractivity contribution in [3.63, 3.8) is 0 Å². The Hall–Kier alpha value is -0.680. The summed E-state index contributed by atoms with van der Waals surface area (Å²) in [6.07, 6.45) is 2.68. The van der Waals surface area contributed by atoms with Crippen LogP contribution in [-0.4, -0.2) is 9.91 Å². The highest BCUT2D eigenvalue weighted by Gasteiger charge is 2.08. The zero-order chi connectivity index (χ0) is 7.56. The van der Waals surface area contributed by atoms with Crippen molar-refractivity contribution in [1.82, 2.24) is 4.98 Å². The molecule has 0 fully saturated rings. The predicted octanol–water partition coefficient (Wildman–Crippen LogP) is 2.17.